The number of carbonyl (C=O) groups is 4. The summed E-state index contributed by atoms with van der Waals surface area (Å²) in [4.78, 5) is 49.4. The number of nitrogens with one attached hydrogen (secondary N) is 2. The molecule has 0 unspecified atom stereocenters. The van der Waals surface area contributed by atoms with E-state index in [0.717, 1.165) is 24.1 Å². The monoisotopic (exact) mass is 675 g/mol. The smallest absolute Gasteiger partial charge is 0.416 e. The Bertz CT molecular complexity index is 1500. The van der Waals surface area contributed by atoms with Crippen molar-refractivity contribution in [1.29, 1.82) is 0 Å². The number of benzene rings is 2. The summed E-state index contributed by atoms with van der Waals surface area (Å²) < 4.78 is 41.8. The summed E-state index contributed by atoms with van der Waals surface area (Å²) in [5.41, 5.74) is 6.30. The normalized spacial score (nSPS) is 15.6. The van der Waals surface area contributed by atoms with E-state index in [1.807, 2.05) is 30.3 Å². The molecule has 1 saturated heterocycles. The molecule has 1 aliphatic rings. The van der Waals surface area contributed by atoms with Gasteiger partial charge in [0.1, 0.15) is 23.4 Å². The molecular formula is C33H40F3N5O7. The van der Waals surface area contributed by atoms with Crippen molar-refractivity contribution in [2.75, 3.05) is 18.4 Å². The molecule has 4 rings (SSSR count). The van der Waals surface area contributed by atoms with E-state index in [-0.39, 0.29) is 17.2 Å². The number of rotatable bonds is 14. The van der Waals surface area contributed by atoms with Crippen LogP contribution in [0.25, 0.3) is 0 Å². The molecule has 3 aromatic rings. The fraction of sp³-hybridized carbons (Fsp3) is 0.424. The number of unbranched alkanes of at least 4 members (excludes halogenated alkanes) is 1. The highest BCUT2D eigenvalue weighted by Crippen LogP contribution is 2.30. The molecule has 0 spiro atoms. The molecule has 0 bridgehead atoms. The molecule has 0 aliphatic carbocycles. The third-order valence-corrected chi connectivity index (χ3v) is 7.80. The molecule has 48 heavy (non-hydrogen) atoms. The number of carboxylic acids is 2. The maximum atomic E-state index is 13.1. The van der Waals surface area contributed by atoms with Crippen molar-refractivity contribution in [3.05, 3.63) is 83.2 Å². The van der Waals surface area contributed by atoms with Crippen molar-refractivity contribution < 1.29 is 47.1 Å². The molecule has 2 amide bonds. The van der Waals surface area contributed by atoms with E-state index in [2.05, 4.69) is 15.8 Å². The number of amides is 2. The zero-order chi connectivity index (χ0) is 35.3. The molecule has 1 fully saturated rings. The van der Waals surface area contributed by atoms with Crippen LogP contribution >= 0.6 is 0 Å². The van der Waals surface area contributed by atoms with Crippen LogP contribution in [-0.4, -0.2) is 75.2 Å². The summed E-state index contributed by atoms with van der Waals surface area (Å²) in [6.45, 7) is 2.43. The molecule has 2 heterocycles. The first-order valence-corrected chi connectivity index (χ1v) is 15.5. The number of nitrogens with two attached hydrogens (primary N) is 1. The summed E-state index contributed by atoms with van der Waals surface area (Å²) in [7, 11) is 0. The SMILES string of the molecule is Cc1oncc1C(=O)Nc1ccc(C(F)(F)F)cc1.NCCCC[C@H](N[C@@H](CCc1ccccc1)C(=O)O)C(=O)N1CCC[C@H]1C(=O)O. The molecule has 1 aromatic heterocycles. The first-order chi connectivity index (χ1) is 22.8. The Hall–Kier alpha value is -4.76. The molecule has 6 N–H and O–H groups in total. The number of hydrogen-bond acceptors (Lipinski definition) is 8. The molecule has 0 radical (unpaired) electrons. The van der Waals surface area contributed by atoms with Gasteiger partial charge in [0.25, 0.3) is 5.91 Å². The van der Waals surface area contributed by atoms with Gasteiger partial charge in [0.05, 0.1) is 17.8 Å². The van der Waals surface area contributed by atoms with Gasteiger partial charge in [-0.05, 0) is 81.8 Å². The number of anilines is 1. The van der Waals surface area contributed by atoms with Crippen molar-refractivity contribution in [2.45, 2.75) is 76.2 Å². The summed E-state index contributed by atoms with van der Waals surface area (Å²) in [6.07, 6.45) is 0.613. The third kappa shape index (κ3) is 11.2. The van der Waals surface area contributed by atoms with Crippen LogP contribution in [0, 0.1) is 6.92 Å². The molecule has 3 atom stereocenters. The molecule has 15 heteroatoms. The first kappa shape index (κ1) is 37.7. The average Bonchev–Trinajstić information content (AvgIpc) is 3.72. The van der Waals surface area contributed by atoms with Crippen molar-refractivity contribution in [3.63, 3.8) is 0 Å². The lowest BCUT2D eigenvalue weighted by Crippen LogP contribution is -2.54. The van der Waals surface area contributed by atoms with Crippen LogP contribution in [0.2, 0.25) is 0 Å². The summed E-state index contributed by atoms with van der Waals surface area (Å²) >= 11 is 0. The number of aliphatic carboxylic acids is 2. The number of likely N-dealkylation sites (tertiary alicyclic amines) is 1. The summed E-state index contributed by atoms with van der Waals surface area (Å²) in [6, 6.07) is 11.3. The van der Waals surface area contributed by atoms with Crippen LogP contribution in [0.4, 0.5) is 18.9 Å². The molecule has 12 nitrogen and oxygen atoms in total. The quantitative estimate of drug-likeness (QED) is 0.152. The molecular weight excluding hydrogens is 635 g/mol. The van der Waals surface area contributed by atoms with Gasteiger partial charge in [-0.15, -0.1) is 0 Å². The first-order valence-electron chi connectivity index (χ1n) is 15.5. The lowest BCUT2D eigenvalue weighted by Gasteiger charge is -2.29. The number of alkyl halides is 3. The van der Waals surface area contributed by atoms with Gasteiger partial charge in [-0.2, -0.15) is 13.2 Å². The lowest BCUT2D eigenvalue weighted by molar-refractivity contribution is -0.149. The van der Waals surface area contributed by atoms with Crippen LogP contribution in [0.15, 0.2) is 65.3 Å². The Kier molecular flexibility index (Phi) is 14.1. The maximum absolute atomic E-state index is 13.1. The number of carboxylic acid groups (broad SMARTS) is 2. The van der Waals surface area contributed by atoms with Gasteiger partial charge in [0.15, 0.2) is 0 Å². The van der Waals surface area contributed by atoms with Crippen molar-refractivity contribution in [1.82, 2.24) is 15.4 Å². The van der Waals surface area contributed by atoms with Crippen molar-refractivity contribution in [3.8, 4) is 0 Å². The number of halogens is 3. The second-order valence-electron chi connectivity index (χ2n) is 11.3. The van der Waals surface area contributed by atoms with Crippen LogP contribution in [0.1, 0.15) is 65.8 Å². The van der Waals surface area contributed by atoms with E-state index in [0.29, 0.717) is 57.4 Å². The highest BCUT2D eigenvalue weighted by atomic mass is 19.4. The highest BCUT2D eigenvalue weighted by Gasteiger charge is 2.38. The molecule has 1 aliphatic heterocycles. The second kappa shape index (κ2) is 18.0. The maximum Gasteiger partial charge on any atom is 0.416 e. The number of nitrogens with zero attached hydrogens (tertiary/aromatic N) is 2. The predicted molar refractivity (Wildman–Crippen MR) is 169 cm³/mol. The van der Waals surface area contributed by atoms with E-state index in [1.54, 1.807) is 6.92 Å². The van der Waals surface area contributed by atoms with E-state index < -0.39 is 47.7 Å². The van der Waals surface area contributed by atoms with Crippen molar-refractivity contribution >= 4 is 29.4 Å². The van der Waals surface area contributed by atoms with Crippen LogP contribution < -0.4 is 16.4 Å². The van der Waals surface area contributed by atoms with E-state index >= 15 is 0 Å². The van der Waals surface area contributed by atoms with E-state index in [9.17, 15) is 42.6 Å². The molecule has 260 valence electrons. The largest absolute Gasteiger partial charge is 0.480 e. The summed E-state index contributed by atoms with van der Waals surface area (Å²) in [5.74, 6) is -2.52. The number of aromatic nitrogens is 1. The zero-order valence-corrected chi connectivity index (χ0v) is 26.4. The van der Waals surface area contributed by atoms with Crippen molar-refractivity contribution in [2.24, 2.45) is 5.73 Å². The number of carbonyl (C=O) groups excluding carboxylic acids is 2. The summed E-state index contributed by atoms with van der Waals surface area (Å²) in [5, 5.41) is 27.9. The topological polar surface area (TPSA) is 188 Å². The van der Waals surface area contributed by atoms with Crippen LogP contribution in [-0.2, 0) is 27.0 Å². The Morgan fingerprint density at radius 1 is 1.02 bits per heavy atom. The van der Waals surface area contributed by atoms with Crippen LogP contribution in [0.3, 0.4) is 0 Å². The Morgan fingerprint density at radius 3 is 2.27 bits per heavy atom. The van der Waals surface area contributed by atoms with Gasteiger partial charge in [-0.3, -0.25) is 19.7 Å². The van der Waals surface area contributed by atoms with Gasteiger partial charge in [0, 0.05) is 12.2 Å². The Labute approximate surface area is 275 Å². The number of hydrogen-bond donors (Lipinski definition) is 5. The highest BCUT2D eigenvalue weighted by molar-refractivity contribution is 6.04. The standard InChI is InChI=1S/C21H31N3O5.C12H9F3N2O2/c22-13-5-4-9-16(19(25)24-14-6-10-18(24)21(28)29)23-17(20(26)27)12-11-15-7-2-1-3-8-15;1-7-10(6-16-19-7)11(18)17-9-4-2-8(3-5-9)12(13,14)15/h1-3,7-8,16-18,23H,4-6,9-14,22H2,(H,26,27)(H,28,29);2-6H,1H3,(H,17,18)/t16-,17-,18-;/m0./s1. The van der Waals surface area contributed by atoms with Crippen LogP contribution in [0.5, 0.6) is 0 Å². The van der Waals surface area contributed by atoms with Gasteiger partial charge >= 0.3 is 18.1 Å². The van der Waals surface area contributed by atoms with Gasteiger partial charge < -0.3 is 30.7 Å². The fourth-order valence-corrected chi connectivity index (χ4v) is 5.19. The second-order valence-corrected chi connectivity index (χ2v) is 11.3. The fourth-order valence-electron chi connectivity index (χ4n) is 5.19. The Balaban J connectivity index is 0.000000284. The lowest BCUT2D eigenvalue weighted by atomic mass is 10.0. The average molecular weight is 676 g/mol. The molecule has 0 saturated carbocycles. The number of aryl methyl sites for hydroxylation is 2. The minimum Gasteiger partial charge on any atom is -0.480 e. The van der Waals surface area contributed by atoms with Gasteiger partial charge in [-0.25, -0.2) is 4.79 Å². The molecule has 2 aromatic carbocycles. The van der Waals surface area contributed by atoms with Gasteiger partial charge in [0.2, 0.25) is 5.91 Å². The minimum atomic E-state index is -4.40. The van der Waals surface area contributed by atoms with Gasteiger partial charge in [-0.1, -0.05) is 41.9 Å². The zero-order valence-electron chi connectivity index (χ0n) is 26.4. The van der Waals surface area contributed by atoms with E-state index in [4.69, 9.17) is 10.3 Å². The minimum absolute atomic E-state index is 0.236. The Morgan fingerprint density at radius 2 is 1.71 bits per heavy atom. The third-order valence-electron chi connectivity index (χ3n) is 7.80. The predicted octanol–water partition coefficient (Wildman–Crippen LogP) is 4.49. The van der Waals surface area contributed by atoms with E-state index in [1.165, 1.54) is 23.2 Å².